The smallest absolute Gasteiger partial charge is 0.172 e. The summed E-state index contributed by atoms with van der Waals surface area (Å²) in [4.78, 5) is 3.19. The van der Waals surface area contributed by atoms with Crippen LogP contribution >= 0.6 is 0 Å². The molecule has 0 saturated heterocycles. The van der Waals surface area contributed by atoms with Crippen LogP contribution < -0.4 is 4.90 Å². The lowest BCUT2D eigenvalue weighted by Gasteiger charge is -2.26. The molecule has 2 aromatic heterocycles. The van der Waals surface area contributed by atoms with Gasteiger partial charge in [0.05, 0.1) is 17.4 Å². The van der Waals surface area contributed by atoms with Crippen molar-refractivity contribution in [3.05, 3.63) is 36.2 Å². The number of alkyl halides is 1. The average molecular weight is 369 g/mol. The number of halogens is 1. The fourth-order valence-corrected chi connectivity index (χ4v) is 3.41. The summed E-state index contributed by atoms with van der Waals surface area (Å²) in [7, 11) is 1.84. The maximum absolute atomic E-state index is 14.0. The second-order valence-corrected chi connectivity index (χ2v) is 6.73. The lowest BCUT2D eigenvalue weighted by atomic mass is 10.1. The van der Waals surface area contributed by atoms with Crippen LogP contribution in [-0.4, -0.2) is 54.8 Å². The normalized spacial score (nSPS) is 19.4. The van der Waals surface area contributed by atoms with Gasteiger partial charge in [0.15, 0.2) is 11.6 Å². The first kappa shape index (κ1) is 17.3. The van der Waals surface area contributed by atoms with Crippen LogP contribution in [-0.2, 0) is 0 Å². The van der Waals surface area contributed by atoms with Crippen molar-refractivity contribution in [1.82, 2.24) is 30.4 Å². The SMILES string of the molecule is Cc1nnn(-c2ccc(-c3ccc(N(C)[C@@H]4CCC[C@H]4F)nn3)c(O)c2)n1. The van der Waals surface area contributed by atoms with Gasteiger partial charge in [0.1, 0.15) is 11.9 Å². The zero-order valence-electron chi connectivity index (χ0n) is 15.1. The molecule has 2 atom stereocenters. The van der Waals surface area contributed by atoms with E-state index in [4.69, 9.17) is 0 Å². The predicted molar refractivity (Wildman–Crippen MR) is 97.5 cm³/mol. The molecule has 9 heteroatoms. The monoisotopic (exact) mass is 369 g/mol. The van der Waals surface area contributed by atoms with E-state index in [-0.39, 0.29) is 11.8 Å². The Morgan fingerprint density at radius 3 is 2.59 bits per heavy atom. The first-order chi connectivity index (χ1) is 13.0. The number of hydrogen-bond donors (Lipinski definition) is 1. The number of phenols is 1. The topological polar surface area (TPSA) is 92.9 Å². The van der Waals surface area contributed by atoms with Gasteiger partial charge in [-0.15, -0.1) is 25.2 Å². The molecule has 1 saturated carbocycles. The summed E-state index contributed by atoms with van der Waals surface area (Å²) < 4.78 is 14.0. The molecule has 0 spiro atoms. The molecule has 140 valence electrons. The fourth-order valence-electron chi connectivity index (χ4n) is 3.41. The van der Waals surface area contributed by atoms with Crippen LogP contribution in [0.2, 0.25) is 0 Å². The average Bonchev–Trinajstić information content (AvgIpc) is 3.29. The van der Waals surface area contributed by atoms with Gasteiger partial charge in [-0.2, -0.15) is 0 Å². The summed E-state index contributed by atoms with van der Waals surface area (Å²) >= 11 is 0. The highest BCUT2D eigenvalue weighted by Crippen LogP contribution is 2.31. The van der Waals surface area contributed by atoms with Gasteiger partial charge < -0.3 is 10.0 Å². The second-order valence-electron chi connectivity index (χ2n) is 6.73. The standard InChI is InChI=1S/C18H20FN7O/c1-11-20-24-26(23-11)12-6-7-13(17(27)10-12)15-8-9-18(22-21-15)25(2)16-5-3-4-14(16)19/h6-10,14,16,27H,3-5H2,1-2H3/t14-,16-/m1/s1. The Morgan fingerprint density at radius 1 is 1.15 bits per heavy atom. The minimum atomic E-state index is -0.831. The van der Waals surface area contributed by atoms with Crippen molar-refractivity contribution in [2.45, 2.75) is 38.4 Å². The van der Waals surface area contributed by atoms with Crippen molar-refractivity contribution < 1.29 is 9.50 Å². The summed E-state index contributed by atoms with van der Waals surface area (Å²) in [6.07, 6.45) is 1.48. The van der Waals surface area contributed by atoms with Crippen molar-refractivity contribution in [1.29, 1.82) is 0 Å². The Morgan fingerprint density at radius 2 is 2.00 bits per heavy atom. The fraction of sp³-hybridized carbons (Fsp3) is 0.389. The highest BCUT2D eigenvalue weighted by Gasteiger charge is 2.31. The Hall–Kier alpha value is -3.10. The highest BCUT2D eigenvalue weighted by atomic mass is 19.1. The van der Waals surface area contributed by atoms with Crippen LogP contribution in [0.4, 0.5) is 10.2 Å². The van der Waals surface area contributed by atoms with Crippen molar-refractivity contribution in [2.75, 3.05) is 11.9 Å². The number of anilines is 1. The minimum absolute atomic E-state index is 0.0393. The molecule has 0 unspecified atom stereocenters. The molecule has 1 fully saturated rings. The molecule has 0 radical (unpaired) electrons. The van der Waals surface area contributed by atoms with Gasteiger partial charge in [0.2, 0.25) is 0 Å². The molecule has 1 aromatic carbocycles. The van der Waals surface area contributed by atoms with E-state index in [2.05, 4.69) is 25.6 Å². The maximum Gasteiger partial charge on any atom is 0.172 e. The van der Waals surface area contributed by atoms with E-state index in [1.165, 1.54) is 4.80 Å². The van der Waals surface area contributed by atoms with Gasteiger partial charge in [0, 0.05) is 18.7 Å². The van der Waals surface area contributed by atoms with Crippen molar-refractivity contribution in [3.8, 4) is 22.7 Å². The molecule has 1 N–H and O–H groups in total. The summed E-state index contributed by atoms with van der Waals surface area (Å²) in [6.45, 7) is 1.74. The van der Waals surface area contributed by atoms with Crippen LogP contribution in [0, 0.1) is 6.92 Å². The number of phenolic OH excluding ortho intramolecular Hbond substituents is 1. The van der Waals surface area contributed by atoms with Crippen LogP contribution in [0.3, 0.4) is 0 Å². The van der Waals surface area contributed by atoms with E-state index < -0.39 is 6.17 Å². The molecule has 1 aliphatic carbocycles. The van der Waals surface area contributed by atoms with E-state index >= 15 is 0 Å². The van der Waals surface area contributed by atoms with Gasteiger partial charge in [-0.3, -0.25) is 0 Å². The highest BCUT2D eigenvalue weighted by molar-refractivity contribution is 5.68. The molecular weight excluding hydrogens is 349 g/mol. The van der Waals surface area contributed by atoms with Gasteiger partial charge in [0.25, 0.3) is 0 Å². The largest absolute Gasteiger partial charge is 0.507 e. The number of nitrogens with zero attached hydrogens (tertiary/aromatic N) is 7. The summed E-state index contributed by atoms with van der Waals surface area (Å²) in [6, 6.07) is 8.45. The molecular formula is C18H20FN7O. The molecule has 0 amide bonds. The molecule has 27 heavy (non-hydrogen) atoms. The molecule has 0 bridgehead atoms. The summed E-state index contributed by atoms with van der Waals surface area (Å²) in [5, 5.41) is 30.6. The van der Waals surface area contributed by atoms with Crippen LogP contribution in [0.25, 0.3) is 16.9 Å². The zero-order valence-corrected chi connectivity index (χ0v) is 15.1. The molecule has 8 nitrogen and oxygen atoms in total. The lowest BCUT2D eigenvalue weighted by Crippen LogP contribution is -2.36. The Balaban J connectivity index is 1.57. The van der Waals surface area contributed by atoms with Gasteiger partial charge >= 0.3 is 0 Å². The van der Waals surface area contributed by atoms with Gasteiger partial charge in [-0.05, 0) is 55.7 Å². The lowest BCUT2D eigenvalue weighted by molar-refractivity contribution is 0.306. The molecule has 3 aromatic rings. The predicted octanol–water partition coefficient (Wildman–Crippen LogP) is 2.46. The Bertz CT molecular complexity index is 943. The zero-order chi connectivity index (χ0) is 19.0. The first-order valence-electron chi connectivity index (χ1n) is 8.84. The molecule has 2 heterocycles. The van der Waals surface area contributed by atoms with Gasteiger partial charge in [-0.25, -0.2) is 4.39 Å². The third-order valence-electron chi connectivity index (χ3n) is 4.91. The van der Waals surface area contributed by atoms with E-state index in [0.717, 1.165) is 12.8 Å². The van der Waals surface area contributed by atoms with Gasteiger partial charge in [-0.1, -0.05) is 0 Å². The number of aromatic nitrogens is 6. The minimum Gasteiger partial charge on any atom is -0.507 e. The van der Waals surface area contributed by atoms with Crippen molar-refractivity contribution >= 4 is 5.82 Å². The van der Waals surface area contributed by atoms with E-state index in [1.54, 1.807) is 37.3 Å². The second kappa shape index (κ2) is 6.90. The summed E-state index contributed by atoms with van der Waals surface area (Å²) in [5.41, 5.74) is 1.67. The van der Waals surface area contributed by atoms with Crippen LogP contribution in [0.15, 0.2) is 30.3 Å². The third-order valence-corrected chi connectivity index (χ3v) is 4.91. The summed E-state index contributed by atoms with van der Waals surface area (Å²) in [5.74, 6) is 1.20. The number of hydrogen-bond acceptors (Lipinski definition) is 7. The maximum atomic E-state index is 14.0. The molecule has 0 aliphatic heterocycles. The first-order valence-corrected chi connectivity index (χ1v) is 8.84. The molecule has 1 aliphatic rings. The van der Waals surface area contributed by atoms with E-state index in [9.17, 15) is 9.50 Å². The number of tetrazole rings is 1. The van der Waals surface area contributed by atoms with E-state index in [0.29, 0.717) is 35.0 Å². The number of benzene rings is 1. The number of aryl methyl sites for hydroxylation is 1. The van der Waals surface area contributed by atoms with Crippen molar-refractivity contribution in [2.24, 2.45) is 0 Å². The number of rotatable bonds is 4. The Labute approximate surface area is 155 Å². The Kier molecular flexibility index (Phi) is 4.43. The number of aromatic hydroxyl groups is 1. The quantitative estimate of drug-likeness (QED) is 0.755. The van der Waals surface area contributed by atoms with Crippen LogP contribution in [0.1, 0.15) is 25.1 Å². The van der Waals surface area contributed by atoms with Crippen LogP contribution in [0.5, 0.6) is 5.75 Å². The van der Waals surface area contributed by atoms with E-state index in [1.807, 2.05) is 11.9 Å². The third kappa shape index (κ3) is 3.32. The molecule has 4 rings (SSSR count). The van der Waals surface area contributed by atoms with Crippen molar-refractivity contribution in [3.63, 3.8) is 0 Å².